The lowest BCUT2D eigenvalue weighted by Gasteiger charge is -2.41. The molecule has 3 aliphatic heterocycles. The molecule has 6 heteroatoms. The predicted octanol–water partition coefficient (Wildman–Crippen LogP) is 2.45. The van der Waals surface area contributed by atoms with Gasteiger partial charge in [0, 0.05) is 43.2 Å². The van der Waals surface area contributed by atoms with Crippen LogP contribution in [0.5, 0.6) is 0 Å². The van der Waals surface area contributed by atoms with Crippen LogP contribution in [0.2, 0.25) is 0 Å². The number of rotatable bonds is 3. The van der Waals surface area contributed by atoms with E-state index in [9.17, 15) is 9.18 Å². The Hall–Kier alpha value is -2.28. The highest BCUT2D eigenvalue weighted by atomic mass is 19.1. The van der Waals surface area contributed by atoms with E-state index >= 15 is 0 Å². The molecule has 3 atom stereocenters. The maximum Gasteiger partial charge on any atom is 0.255 e. The molecular weight excluding hydrogens is 343 g/mol. The molecule has 2 N–H and O–H groups in total. The van der Waals surface area contributed by atoms with Crippen molar-refractivity contribution < 1.29 is 9.18 Å². The summed E-state index contributed by atoms with van der Waals surface area (Å²) in [6, 6.07) is 14.8. The van der Waals surface area contributed by atoms with Crippen LogP contribution in [0, 0.1) is 11.7 Å². The number of carbonyl (C=O) groups excluding carboxylic acids is 1. The Kier molecular flexibility index (Phi) is 4.19. The molecule has 27 heavy (non-hydrogen) atoms. The smallest absolute Gasteiger partial charge is 0.255 e. The maximum atomic E-state index is 13.3. The first-order chi connectivity index (χ1) is 13.2. The molecule has 2 fully saturated rings. The van der Waals surface area contributed by atoms with Crippen LogP contribution < -0.4 is 10.9 Å². The lowest BCUT2D eigenvalue weighted by Crippen LogP contribution is -2.48. The Morgan fingerprint density at radius 2 is 1.89 bits per heavy atom. The molecule has 3 unspecified atom stereocenters. The second-order valence-electron chi connectivity index (χ2n) is 7.62. The monoisotopic (exact) mass is 366 g/mol. The van der Waals surface area contributed by atoms with E-state index in [-0.39, 0.29) is 23.9 Å². The molecule has 140 valence electrons. The first-order valence-corrected chi connectivity index (χ1v) is 9.60. The van der Waals surface area contributed by atoms with Crippen molar-refractivity contribution in [3.05, 3.63) is 71.0 Å². The van der Waals surface area contributed by atoms with Crippen molar-refractivity contribution in [2.75, 3.05) is 26.2 Å². The number of nitrogens with one attached hydrogen (secondary N) is 2. The lowest BCUT2D eigenvalue weighted by atomic mass is 9.93. The van der Waals surface area contributed by atoms with Crippen LogP contribution in [0.15, 0.2) is 48.5 Å². The second-order valence-corrected chi connectivity index (χ2v) is 7.62. The Labute approximate surface area is 158 Å². The number of fused-ring (bicyclic) bond motifs is 3. The van der Waals surface area contributed by atoms with E-state index in [1.807, 2.05) is 35.2 Å². The third-order valence-corrected chi connectivity index (χ3v) is 6.01. The van der Waals surface area contributed by atoms with Crippen molar-refractivity contribution in [3.8, 4) is 0 Å². The highest BCUT2D eigenvalue weighted by Crippen LogP contribution is 2.39. The van der Waals surface area contributed by atoms with Gasteiger partial charge in [0.15, 0.2) is 0 Å². The van der Waals surface area contributed by atoms with E-state index in [4.69, 9.17) is 0 Å². The van der Waals surface area contributed by atoms with E-state index in [0.29, 0.717) is 5.92 Å². The molecule has 5 rings (SSSR count). The van der Waals surface area contributed by atoms with Crippen molar-refractivity contribution in [3.63, 3.8) is 0 Å². The van der Waals surface area contributed by atoms with Crippen LogP contribution in [0.25, 0.3) is 0 Å². The van der Waals surface area contributed by atoms with Gasteiger partial charge in [-0.15, -0.1) is 0 Å². The molecule has 0 saturated carbocycles. The molecule has 2 saturated heterocycles. The minimum Gasteiger partial charge on any atom is -0.319 e. The lowest BCUT2D eigenvalue weighted by molar-refractivity contribution is 0.00903. The van der Waals surface area contributed by atoms with Crippen LogP contribution in [0.1, 0.15) is 40.1 Å². The van der Waals surface area contributed by atoms with Crippen molar-refractivity contribution in [2.45, 2.75) is 18.6 Å². The summed E-state index contributed by atoms with van der Waals surface area (Å²) in [7, 11) is 0. The molecule has 0 aliphatic carbocycles. The van der Waals surface area contributed by atoms with Gasteiger partial charge in [-0.2, -0.15) is 0 Å². The fourth-order valence-corrected chi connectivity index (χ4v) is 4.76. The fraction of sp³-hybridized carbons (Fsp3) is 0.381. The van der Waals surface area contributed by atoms with Crippen molar-refractivity contribution in [2.24, 2.45) is 5.92 Å². The molecule has 3 aliphatic rings. The number of hydrogen-bond acceptors (Lipinski definition) is 4. The minimum absolute atomic E-state index is 0.0388. The van der Waals surface area contributed by atoms with Gasteiger partial charge in [0.1, 0.15) is 12.0 Å². The predicted molar refractivity (Wildman–Crippen MR) is 100 cm³/mol. The Balaban J connectivity index is 1.40. The van der Waals surface area contributed by atoms with E-state index in [0.717, 1.165) is 49.3 Å². The van der Waals surface area contributed by atoms with Gasteiger partial charge in [-0.25, -0.2) is 9.82 Å². The van der Waals surface area contributed by atoms with E-state index in [2.05, 4.69) is 21.8 Å². The molecule has 0 radical (unpaired) electrons. The number of carbonyl (C=O) groups is 1. The van der Waals surface area contributed by atoms with Gasteiger partial charge in [0.25, 0.3) is 5.91 Å². The third-order valence-electron chi connectivity index (χ3n) is 6.01. The molecular formula is C21H23FN4O. The molecule has 5 nitrogen and oxygen atoms in total. The van der Waals surface area contributed by atoms with Gasteiger partial charge < -0.3 is 4.90 Å². The fourth-order valence-electron chi connectivity index (χ4n) is 4.76. The van der Waals surface area contributed by atoms with Crippen LogP contribution in [-0.4, -0.2) is 41.9 Å². The average molecular weight is 366 g/mol. The number of amides is 1. The summed E-state index contributed by atoms with van der Waals surface area (Å²) in [6.07, 6.45) is 1.03. The third kappa shape index (κ3) is 2.84. The molecule has 0 bridgehead atoms. The first kappa shape index (κ1) is 16.9. The topological polar surface area (TPSA) is 47.6 Å². The summed E-state index contributed by atoms with van der Waals surface area (Å²) < 4.78 is 13.3. The van der Waals surface area contributed by atoms with Crippen LogP contribution in [0.4, 0.5) is 4.39 Å². The van der Waals surface area contributed by atoms with Crippen molar-refractivity contribution in [1.29, 1.82) is 0 Å². The number of hydrazine groups is 1. The largest absolute Gasteiger partial charge is 0.319 e. The number of halogens is 1. The number of hydrogen-bond donors (Lipinski definition) is 2. The van der Waals surface area contributed by atoms with E-state index in [1.165, 1.54) is 12.1 Å². The summed E-state index contributed by atoms with van der Waals surface area (Å²) in [5.74, 6) is 0.283. The zero-order chi connectivity index (χ0) is 18.4. The molecule has 1 amide bonds. The SMILES string of the molecule is O=C1c2ccccc2C2N(CC3CNNC3c3ccc(F)cc3)CCCN12. The second kappa shape index (κ2) is 6.71. The van der Waals surface area contributed by atoms with E-state index < -0.39 is 0 Å². The standard InChI is InChI=1S/C21H23FN4O/c22-16-8-6-14(7-9-16)19-15(12-23-24-19)13-25-10-3-11-26-20(25)17-4-1-2-5-18(17)21(26)27/h1-2,4-9,15,19-20,23-24H,3,10-13H2. The normalized spacial score (nSPS) is 27.7. The summed E-state index contributed by atoms with van der Waals surface area (Å²) in [6.45, 7) is 3.53. The Bertz CT molecular complexity index is 856. The van der Waals surface area contributed by atoms with Crippen molar-refractivity contribution in [1.82, 2.24) is 20.7 Å². The summed E-state index contributed by atoms with van der Waals surface area (Å²) in [4.78, 5) is 17.2. The summed E-state index contributed by atoms with van der Waals surface area (Å²) >= 11 is 0. The minimum atomic E-state index is -0.214. The summed E-state index contributed by atoms with van der Waals surface area (Å²) in [5, 5.41) is 0. The van der Waals surface area contributed by atoms with E-state index in [1.54, 1.807) is 0 Å². The van der Waals surface area contributed by atoms with Gasteiger partial charge in [-0.1, -0.05) is 30.3 Å². The van der Waals surface area contributed by atoms with Gasteiger partial charge in [-0.05, 0) is 30.2 Å². The van der Waals surface area contributed by atoms with Gasteiger partial charge in [0.05, 0.1) is 6.04 Å². The van der Waals surface area contributed by atoms with Crippen molar-refractivity contribution >= 4 is 5.91 Å². The average Bonchev–Trinajstić information content (AvgIpc) is 3.27. The highest BCUT2D eigenvalue weighted by Gasteiger charge is 2.43. The van der Waals surface area contributed by atoms with Crippen LogP contribution in [0.3, 0.4) is 0 Å². The number of nitrogens with zero attached hydrogens (tertiary/aromatic N) is 2. The quantitative estimate of drug-likeness (QED) is 0.876. The number of benzene rings is 2. The molecule has 0 spiro atoms. The zero-order valence-corrected chi connectivity index (χ0v) is 15.1. The molecule has 2 aromatic rings. The molecule has 0 aromatic heterocycles. The Morgan fingerprint density at radius 3 is 2.74 bits per heavy atom. The maximum absolute atomic E-state index is 13.3. The van der Waals surface area contributed by atoms with Gasteiger partial charge in [-0.3, -0.25) is 15.1 Å². The zero-order valence-electron chi connectivity index (χ0n) is 15.1. The van der Waals surface area contributed by atoms with Crippen LogP contribution >= 0.6 is 0 Å². The Morgan fingerprint density at radius 1 is 1.07 bits per heavy atom. The molecule has 2 aromatic carbocycles. The van der Waals surface area contributed by atoms with Crippen LogP contribution in [-0.2, 0) is 0 Å². The molecule has 3 heterocycles. The van der Waals surface area contributed by atoms with Gasteiger partial charge >= 0.3 is 0 Å². The summed E-state index contributed by atoms with van der Waals surface area (Å²) in [5.41, 5.74) is 9.65. The highest BCUT2D eigenvalue weighted by molar-refractivity contribution is 5.99. The van der Waals surface area contributed by atoms with Gasteiger partial charge in [0.2, 0.25) is 0 Å². The first-order valence-electron chi connectivity index (χ1n) is 9.60.